The van der Waals surface area contributed by atoms with Crippen LogP contribution in [0.15, 0.2) is 114 Å². The molecule has 3 aromatic carbocycles. The molecule has 306 valence electrons. The number of H-pyrrole nitrogens is 1. The largest absolute Gasteiger partial charge is 0.508 e. The number of ketones is 1. The Morgan fingerprint density at radius 3 is 2.02 bits per heavy atom. The predicted molar refractivity (Wildman–Crippen MR) is 207 cm³/mol. The van der Waals surface area contributed by atoms with Crippen molar-refractivity contribution in [2.45, 2.75) is 68.5 Å². The van der Waals surface area contributed by atoms with Gasteiger partial charge in [-0.15, -0.1) is 0 Å². The van der Waals surface area contributed by atoms with Crippen LogP contribution in [0.4, 0.5) is 0 Å². The summed E-state index contributed by atoms with van der Waals surface area (Å²) < 4.78 is 31.2. The molecule has 4 aromatic rings. The summed E-state index contributed by atoms with van der Waals surface area (Å²) in [5.74, 6) is -8.02. The highest BCUT2D eigenvalue weighted by atomic mass is 32.2. The number of esters is 1. The van der Waals surface area contributed by atoms with Crippen molar-refractivity contribution in [3.63, 3.8) is 0 Å². The number of benzene rings is 3. The van der Waals surface area contributed by atoms with E-state index in [4.69, 9.17) is 4.74 Å². The molecule has 0 spiro atoms. The molecule has 17 heteroatoms. The number of nitrogens with one attached hydrogen (secondary N) is 3. The third-order valence-corrected chi connectivity index (χ3v) is 10.4. The molecule has 0 saturated carbocycles. The Morgan fingerprint density at radius 1 is 0.759 bits per heavy atom. The van der Waals surface area contributed by atoms with Gasteiger partial charge in [-0.2, -0.15) is 0 Å². The number of imidazole rings is 1. The number of aromatic nitrogens is 2. The third-order valence-electron chi connectivity index (χ3n) is 8.92. The Labute approximate surface area is 334 Å². The zero-order valence-corrected chi connectivity index (χ0v) is 32.0. The lowest BCUT2D eigenvalue weighted by Crippen LogP contribution is -2.47. The number of ether oxygens (including phenoxy) is 1. The van der Waals surface area contributed by atoms with E-state index in [2.05, 4.69) is 20.6 Å². The number of Topliss-reactive ketones (excluding diaryl/α,β-unsaturated/α-hetero) is 1. The minimum Gasteiger partial charge on any atom is -0.508 e. The molecule has 0 aliphatic heterocycles. The molecule has 0 unspecified atom stereocenters. The van der Waals surface area contributed by atoms with Crippen LogP contribution >= 0.6 is 0 Å². The second-order valence-corrected chi connectivity index (χ2v) is 15.3. The zero-order chi connectivity index (χ0) is 42.1. The van der Waals surface area contributed by atoms with Crippen LogP contribution in [-0.4, -0.2) is 81.3 Å². The topological polar surface area (TPSA) is 259 Å². The summed E-state index contributed by atoms with van der Waals surface area (Å²) >= 11 is 0. The van der Waals surface area contributed by atoms with Crippen molar-refractivity contribution in [1.29, 1.82) is 0 Å². The van der Waals surface area contributed by atoms with E-state index in [1.165, 1.54) is 48.9 Å². The molecule has 1 heterocycles. The zero-order valence-electron chi connectivity index (χ0n) is 31.2. The van der Waals surface area contributed by atoms with Gasteiger partial charge in [0, 0.05) is 36.6 Å². The van der Waals surface area contributed by atoms with Crippen molar-refractivity contribution in [3.8, 4) is 5.75 Å². The van der Waals surface area contributed by atoms with E-state index in [9.17, 15) is 52.5 Å². The number of nitrogens with zero attached hydrogens (tertiary/aromatic N) is 1. The number of carboxylic acid groups (broad SMARTS) is 2. The molecule has 0 aliphatic carbocycles. The van der Waals surface area contributed by atoms with E-state index in [1.54, 1.807) is 48.5 Å². The molecule has 6 N–H and O–H groups in total. The first-order valence-electron chi connectivity index (χ1n) is 18.2. The van der Waals surface area contributed by atoms with Crippen LogP contribution in [0.3, 0.4) is 0 Å². The summed E-state index contributed by atoms with van der Waals surface area (Å²) in [6, 6.07) is 19.4. The predicted octanol–water partition coefficient (Wildman–Crippen LogP) is 3.52. The van der Waals surface area contributed by atoms with Gasteiger partial charge in [-0.25, -0.2) is 13.4 Å². The Balaban J connectivity index is 1.55. The van der Waals surface area contributed by atoms with E-state index in [-0.39, 0.29) is 36.5 Å². The quantitative estimate of drug-likeness (QED) is 0.0587. The van der Waals surface area contributed by atoms with Gasteiger partial charge in [0.25, 0.3) is 0 Å². The van der Waals surface area contributed by atoms with E-state index in [1.807, 2.05) is 0 Å². The lowest BCUT2D eigenvalue weighted by Gasteiger charge is -2.24. The van der Waals surface area contributed by atoms with Crippen molar-refractivity contribution in [3.05, 3.63) is 126 Å². The number of rotatable bonds is 23. The first-order valence-corrected chi connectivity index (χ1v) is 19.7. The Kier molecular flexibility index (Phi) is 16.4. The standard InChI is InChI=1S/C41H44N4O12S/c46-33-13-11-27(12-14-33)19-29(22-39(52)57-25-28-7-3-1-4-8-28)41(54)45-35(15-16-37(48)49)36(47)21-30(20-32-24-42-26-43-32)40(53)44-31(23-38(50)51)17-18-58(55,56)34-9-5-2-6-10-34/h1-14,17-18,24,26,29-31,35,46H,15-16,19-23,25H2,(H,42,43)(H,44,53)(H,45,54)(H,48,49)(H,50,51)/b18-17+/t29-,30-,31-,35+/m1/s1. The Morgan fingerprint density at radius 2 is 1.40 bits per heavy atom. The van der Waals surface area contributed by atoms with Crippen LogP contribution in [-0.2, 0) is 62.8 Å². The van der Waals surface area contributed by atoms with Crippen LogP contribution in [0.25, 0.3) is 0 Å². The maximum atomic E-state index is 14.0. The van der Waals surface area contributed by atoms with Gasteiger partial charge in [0.05, 0.1) is 48.0 Å². The number of carbonyl (C=O) groups excluding carboxylic acids is 4. The van der Waals surface area contributed by atoms with Gasteiger partial charge in [0.1, 0.15) is 12.4 Å². The summed E-state index contributed by atoms with van der Waals surface area (Å²) in [5, 5.41) is 34.7. The lowest BCUT2D eigenvalue weighted by molar-refractivity contribution is -0.148. The number of aromatic amines is 1. The van der Waals surface area contributed by atoms with E-state index in [0.717, 1.165) is 11.5 Å². The number of sulfone groups is 1. The third kappa shape index (κ3) is 14.8. The molecule has 4 rings (SSSR count). The minimum atomic E-state index is -4.02. The van der Waals surface area contributed by atoms with E-state index in [0.29, 0.717) is 16.8 Å². The highest BCUT2D eigenvalue weighted by molar-refractivity contribution is 7.94. The number of phenols is 1. The fraction of sp³-hybridized carbons (Fsp3) is 0.293. The molecule has 1 aromatic heterocycles. The second-order valence-electron chi connectivity index (χ2n) is 13.5. The summed E-state index contributed by atoms with van der Waals surface area (Å²) in [6.45, 7) is -0.0569. The monoisotopic (exact) mass is 816 g/mol. The molecule has 4 atom stereocenters. The highest BCUT2D eigenvalue weighted by Gasteiger charge is 2.32. The summed E-state index contributed by atoms with van der Waals surface area (Å²) in [5.41, 5.74) is 1.70. The van der Waals surface area contributed by atoms with E-state index < -0.39 is 94.9 Å². The fourth-order valence-corrected chi connectivity index (χ4v) is 6.98. The Hall–Kier alpha value is -6.62. The van der Waals surface area contributed by atoms with Gasteiger partial charge >= 0.3 is 17.9 Å². The van der Waals surface area contributed by atoms with Crippen molar-refractivity contribution in [1.82, 2.24) is 20.6 Å². The van der Waals surface area contributed by atoms with Crippen molar-refractivity contribution in [2.24, 2.45) is 11.8 Å². The molecule has 2 amide bonds. The summed E-state index contributed by atoms with van der Waals surface area (Å²) in [4.78, 5) is 84.8. The molecule has 0 aliphatic rings. The fourth-order valence-electron chi connectivity index (χ4n) is 5.89. The smallest absolute Gasteiger partial charge is 0.306 e. The van der Waals surface area contributed by atoms with Crippen LogP contribution < -0.4 is 10.6 Å². The number of carboxylic acids is 2. The molecule has 0 fully saturated rings. The van der Waals surface area contributed by atoms with Crippen molar-refractivity contribution >= 4 is 45.3 Å². The highest BCUT2D eigenvalue weighted by Crippen LogP contribution is 2.20. The maximum absolute atomic E-state index is 14.0. The molecular weight excluding hydrogens is 773 g/mol. The summed E-state index contributed by atoms with van der Waals surface area (Å²) in [6.07, 6.45) is 1.03. The molecular formula is C41H44N4O12S. The average molecular weight is 817 g/mol. The first kappa shape index (κ1) is 44.1. The lowest BCUT2D eigenvalue weighted by atomic mass is 9.90. The maximum Gasteiger partial charge on any atom is 0.306 e. The van der Waals surface area contributed by atoms with Crippen molar-refractivity contribution < 1.29 is 57.2 Å². The first-order chi connectivity index (χ1) is 27.7. The van der Waals surface area contributed by atoms with Crippen LogP contribution in [0.5, 0.6) is 5.75 Å². The van der Waals surface area contributed by atoms with Crippen LogP contribution in [0.2, 0.25) is 0 Å². The number of hydrogen-bond acceptors (Lipinski definition) is 11. The molecule has 0 radical (unpaired) electrons. The number of amides is 2. The average Bonchev–Trinajstić information content (AvgIpc) is 3.71. The minimum absolute atomic E-state index is 0.0181. The number of carbonyl (C=O) groups is 6. The number of phenolic OH excluding ortho intramolecular Hbond substituents is 1. The van der Waals surface area contributed by atoms with E-state index >= 15 is 0 Å². The molecule has 0 bridgehead atoms. The Bertz CT molecular complexity index is 2140. The number of aromatic hydroxyl groups is 1. The van der Waals surface area contributed by atoms with Crippen LogP contribution in [0.1, 0.15) is 48.9 Å². The molecule has 16 nitrogen and oxygen atoms in total. The van der Waals surface area contributed by atoms with Gasteiger partial charge in [-0.05, 0) is 54.3 Å². The second kappa shape index (κ2) is 21.6. The van der Waals surface area contributed by atoms with Crippen molar-refractivity contribution in [2.75, 3.05) is 0 Å². The molecule has 0 saturated heterocycles. The SMILES string of the molecule is O=C(O)CC[C@H](NC(=O)[C@@H](CC(=O)OCc1ccccc1)Cc1ccc(O)cc1)C(=O)C[C@@H](Cc1cnc[nH]1)C(=O)N[C@H](/C=C/S(=O)(=O)c1ccccc1)CC(=O)O. The van der Waals surface area contributed by atoms with Gasteiger partial charge < -0.3 is 35.7 Å². The van der Waals surface area contributed by atoms with Gasteiger partial charge in [-0.3, -0.25) is 28.8 Å². The summed E-state index contributed by atoms with van der Waals surface area (Å²) in [7, 11) is -4.02. The van der Waals surface area contributed by atoms with Crippen LogP contribution in [0, 0.1) is 11.8 Å². The van der Waals surface area contributed by atoms with Gasteiger partial charge in [0.15, 0.2) is 15.6 Å². The number of aliphatic carboxylic acids is 2. The number of hydrogen-bond donors (Lipinski definition) is 6. The molecule has 58 heavy (non-hydrogen) atoms. The van der Waals surface area contributed by atoms with Gasteiger partial charge in [0.2, 0.25) is 11.8 Å². The normalized spacial score (nSPS) is 13.4. The van der Waals surface area contributed by atoms with Gasteiger partial charge in [-0.1, -0.05) is 60.7 Å².